The second-order valence-electron chi connectivity index (χ2n) is 10.3. The molecule has 2 aliphatic heterocycles. The van der Waals surface area contributed by atoms with Crippen LogP contribution in [0.5, 0.6) is 11.5 Å². The maximum absolute atomic E-state index is 13.4. The lowest BCUT2D eigenvalue weighted by Gasteiger charge is -2.48. The monoisotopic (exact) mass is 599 g/mol. The highest BCUT2D eigenvalue weighted by Crippen LogP contribution is 2.52. The van der Waals surface area contributed by atoms with Crippen LogP contribution in [0, 0.1) is 5.92 Å². The van der Waals surface area contributed by atoms with Gasteiger partial charge in [0.05, 0.1) is 22.7 Å². The van der Waals surface area contributed by atoms with Gasteiger partial charge in [0, 0.05) is 16.0 Å². The first kappa shape index (κ1) is 26.7. The predicted octanol–water partition coefficient (Wildman–Crippen LogP) is 6.17. The molecule has 3 aromatic rings. The molecular weight excluding hydrogens is 570 g/mol. The standard InChI is InChI=1S/C29H30BrNO6S/c1-18-9-14-24-27(36-18)22-15-25(35-17-19-7-5-4-6-8-19)23(16-26(22)37-29(24,2)3)28(32)31-38(33,34)21-12-10-20(30)11-13-21/h4-8,10-13,15-16,18,24,27H,9,14,17H2,1-3H3,(H,31,32)/t18-,24-,27+/m0/s1. The summed E-state index contributed by atoms with van der Waals surface area (Å²) in [5, 5.41) is 0. The minimum Gasteiger partial charge on any atom is -0.488 e. The lowest BCUT2D eigenvalue weighted by atomic mass is 9.75. The Morgan fingerprint density at radius 2 is 1.79 bits per heavy atom. The SMILES string of the molecule is C[C@H]1CC[C@H]2[C@H](O1)c1cc(OCc3ccccc3)c(C(=O)NS(=O)(=O)c3ccc(Br)cc3)cc1OC2(C)C. The van der Waals surface area contributed by atoms with Crippen LogP contribution in [-0.4, -0.2) is 26.0 Å². The van der Waals surface area contributed by atoms with Gasteiger partial charge >= 0.3 is 0 Å². The van der Waals surface area contributed by atoms with Crippen molar-refractivity contribution in [2.45, 2.75) is 62.9 Å². The number of amides is 1. The molecule has 3 aromatic carbocycles. The van der Waals surface area contributed by atoms with Crippen LogP contribution in [0.4, 0.5) is 0 Å². The predicted molar refractivity (Wildman–Crippen MR) is 147 cm³/mol. The van der Waals surface area contributed by atoms with E-state index in [4.69, 9.17) is 14.2 Å². The van der Waals surface area contributed by atoms with Gasteiger partial charge in [-0.1, -0.05) is 46.3 Å². The molecule has 1 N–H and O–H groups in total. The van der Waals surface area contributed by atoms with E-state index in [1.165, 1.54) is 12.1 Å². The molecule has 5 rings (SSSR count). The molecule has 0 saturated carbocycles. The number of hydrogen-bond donors (Lipinski definition) is 1. The molecule has 3 atom stereocenters. The molecule has 200 valence electrons. The summed E-state index contributed by atoms with van der Waals surface area (Å²) in [6.07, 6.45) is 1.76. The smallest absolute Gasteiger partial charge is 0.268 e. The molecular formula is C29H30BrNO6S. The summed E-state index contributed by atoms with van der Waals surface area (Å²) in [6.45, 7) is 6.30. The maximum Gasteiger partial charge on any atom is 0.268 e. The Kier molecular flexibility index (Phi) is 7.28. The van der Waals surface area contributed by atoms with E-state index in [2.05, 4.69) is 27.6 Å². The Balaban J connectivity index is 1.53. The molecule has 1 fully saturated rings. The molecule has 0 radical (unpaired) electrons. The van der Waals surface area contributed by atoms with Crippen molar-refractivity contribution < 1.29 is 27.4 Å². The van der Waals surface area contributed by atoms with Crippen LogP contribution in [0.15, 0.2) is 76.1 Å². The number of nitrogens with one attached hydrogen (secondary N) is 1. The number of rotatable bonds is 6. The molecule has 0 spiro atoms. The van der Waals surface area contributed by atoms with Gasteiger partial charge in [-0.05, 0) is 75.6 Å². The maximum atomic E-state index is 13.4. The molecule has 2 heterocycles. The van der Waals surface area contributed by atoms with E-state index in [9.17, 15) is 13.2 Å². The fraction of sp³-hybridized carbons (Fsp3) is 0.345. The highest BCUT2D eigenvalue weighted by Gasteiger charge is 2.47. The minimum absolute atomic E-state index is 0.0245. The van der Waals surface area contributed by atoms with Crippen molar-refractivity contribution in [3.05, 3.63) is 87.9 Å². The van der Waals surface area contributed by atoms with Gasteiger partial charge in [-0.3, -0.25) is 4.79 Å². The third-order valence-electron chi connectivity index (χ3n) is 7.15. The van der Waals surface area contributed by atoms with Crippen molar-refractivity contribution in [1.29, 1.82) is 0 Å². The fourth-order valence-electron chi connectivity index (χ4n) is 5.11. The van der Waals surface area contributed by atoms with E-state index in [-0.39, 0.29) is 40.9 Å². The Morgan fingerprint density at radius 1 is 1.08 bits per heavy atom. The molecule has 38 heavy (non-hydrogen) atoms. The highest BCUT2D eigenvalue weighted by molar-refractivity contribution is 9.10. The van der Waals surface area contributed by atoms with Gasteiger partial charge in [-0.25, -0.2) is 13.1 Å². The molecule has 7 nitrogen and oxygen atoms in total. The largest absolute Gasteiger partial charge is 0.488 e. The van der Waals surface area contributed by atoms with E-state index in [1.807, 2.05) is 44.2 Å². The normalized spacial score (nSPS) is 21.9. The van der Waals surface area contributed by atoms with Crippen molar-refractivity contribution in [3.63, 3.8) is 0 Å². The molecule has 0 bridgehead atoms. The quantitative estimate of drug-likeness (QED) is 0.364. The fourth-order valence-corrected chi connectivity index (χ4v) is 6.34. The van der Waals surface area contributed by atoms with Gasteiger partial charge in [-0.15, -0.1) is 0 Å². The number of carbonyl (C=O) groups is 1. The number of fused-ring (bicyclic) bond motifs is 3. The van der Waals surface area contributed by atoms with Crippen LogP contribution in [-0.2, 0) is 21.4 Å². The first-order valence-corrected chi connectivity index (χ1v) is 14.8. The summed E-state index contributed by atoms with van der Waals surface area (Å²) in [7, 11) is -4.12. The molecule has 2 aliphatic rings. The third-order valence-corrected chi connectivity index (χ3v) is 9.02. The number of benzene rings is 3. The Morgan fingerprint density at radius 3 is 2.50 bits per heavy atom. The average Bonchev–Trinajstić information content (AvgIpc) is 2.87. The molecule has 0 unspecified atom stereocenters. The van der Waals surface area contributed by atoms with Gasteiger partial charge in [0.1, 0.15) is 23.7 Å². The number of carbonyl (C=O) groups excluding carboxylic acids is 1. The summed E-state index contributed by atoms with van der Waals surface area (Å²) in [4.78, 5) is 13.4. The second-order valence-corrected chi connectivity index (χ2v) is 12.9. The van der Waals surface area contributed by atoms with Gasteiger partial charge < -0.3 is 14.2 Å². The number of sulfonamides is 1. The van der Waals surface area contributed by atoms with Crippen LogP contribution in [0.2, 0.25) is 0 Å². The summed E-state index contributed by atoms with van der Waals surface area (Å²) in [5.41, 5.74) is 1.26. The zero-order valence-corrected chi connectivity index (χ0v) is 23.8. The first-order chi connectivity index (χ1) is 18.0. The van der Waals surface area contributed by atoms with Crippen molar-refractivity contribution >= 4 is 31.9 Å². The highest BCUT2D eigenvalue weighted by atomic mass is 79.9. The van der Waals surface area contributed by atoms with Crippen molar-refractivity contribution in [1.82, 2.24) is 4.72 Å². The average molecular weight is 601 g/mol. The lowest BCUT2D eigenvalue weighted by molar-refractivity contribution is -0.144. The lowest BCUT2D eigenvalue weighted by Crippen LogP contribution is -2.48. The molecule has 0 aliphatic carbocycles. The van der Waals surface area contributed by atoms with E-state index < -0.39 is 21.5 Å². The summed E-state index contributed by atoms with van der Waals surface area (Å²) in [5.74, 6) is 0.0782. The van der Waals surface area contributed by atoms with Gasteiger partial charge in [-0.2, -0.15) is 0 Å². The Labute approximate surface area is 231 Å². The second kappa shape index (κ2) is 10.4. The van der Waals surface area contributed by atoms with E-state index in [0.717, 1.165) is 28.4 Å². The van der Waals surface area contributed by atoms with Crippen molar-refractivity contribution in [2.75, 3.05) is 0 Å². The Hall–Kier alpha value is -2.88. The van der Waals surface area contributed by atoms with E-state index >= 15 is 0 Å². The third kappa shape index (κ3) is 5.46. The topological polar surface area (TPSA) is 90.9 Å². The first-order valence-electron chi connectivity index (χ1n) is 12.6. The summed E-state index contributed by atoms with van der Waals surface area (Å²) in [6, 6.07) is 19.0. The van der Waals surface area contributed by atoms with Gasteiger partial charge in [0.25, 0.3) is 15.9 Å². The summed E-state index contributed by atoms with van der Waals surface area (Å²) >= 11 is 3.29. The number of hydrogen-bond acceptors (Lipinski definition) is 6. The molecule has 0 aromatic heterocycles. The van der Waals surface area contributed by atoms with Gasteiger partial charge in [0.2, 0.25) is 0 Å². The van der Waals surface area contributed by atoms with Crippen LogP contribution in [0.1, 0.15) is 61.2 Å². The van der Waals surface area contributed by atoms with Crippen LogP contribution < -0.4 is 14.2 Å². The number of halogens is 1. The van der Waals surface area contributed by atoms with E-state index in [0.29, 0.717) is 5.75 Å². The molecule has 1 amide bonds. The molecule has 9 heteroatoms. The van der Waals surface area contributed by atoms with E-state index in [1.54, 1.807) is 24.3 Å². The zero-order chi connectivity index (χ0) is 27.1. The minimum atomic E-state index is -4.12. The summed E-state index contributed by atoms with van der Waals surface area (Å²) < 4.78 is 47.8. The Bertz CT molecular complexity index is 1440. The van der Waals surface area contributed by atoms with Gasteiger partial charge in [0.15, 0.2) is 0 Å². The molecule has 1 saturated heterocycles. The number of ether oxygens (including phenoxy) is 3. The van der Waals surface area contributed by atoms with Crippen LogP contribution >= 0.6 is 15.9 Å². The van der Waals surface area contributed by atoms with Crippen LogP contribution in [0.3, 0.4) is 0 Å². The van der Waals surface area contributed by atoms with Crippen molar-refractivity contribution in [3.8, 4) is 11.5 Å². The van der Waals surface area contributed by atoms with Crippen molar-refractivity contribution in [2.24, 2.45) is 5.92 Å². The zero-order valence-electron chi connectivity index (χ0n) is 21.4. The van der Waals surface area contributed by atoms with Crippen LogP contribution in [0.25, 0.3) is 0 Å².